The molecule has 0 bridgehead atoms. The van der Waals surface area contributed by atoms with Gasteiger partial charge in [-0.05, 0) is 67.6 Å². The molecule has 0 aliphatic carbocycles. The van der Waals surface area contributed by atoms with Gasteiger partial charge in [0, 0.05) is 17.8 Å². The summed E-state index contributed by atoms with van der Waals surface area (Å²) < 4.78 is 0. The third-order valence-electron chi connectivity index (χ3n) is 7.57. The van der Waals surface area contributed by atoms with E-state index in [-0.39, 0.29) is 0 Å². The molecule has 0 atom stereocenters. The summed E-state index contributed by atoms with van der Waals surface area (Å²) in [5.74, 6) is 0. The second-order valence-electron chi connectivity index (χ2n) is 9.80. The number of allylic oxidation sites excluding steroid dienone is 2. The Kier molecular flexibility index (Phi) is 5.15. The van der Waals surface area contributed by atoms with Crippen LogP contribution in [0, 0.1) is 0 Å². The van der Waals surface area contributed by atoms with Gasteiger partial charge in [0.05, 0.1) is 0 Å². The molecule has 1 heterocycles. The van der Waals surface area contributed by atoms with E-state index in [2.05, 4.69) is 140 Å². The van der Waals surface area contributed by atoms with Crippen LogP contribution in [0.3, 0.4) is 0 Å². The lowest BCUT2D eigenvalue weighted by Gasteiger charge is -2.21. The van der Waals surface area contributed by atoms with Gasteiger partial charge in [-0.2, -0.15) is 0 Å². The van der Waals surface area contributed by atoms with E-state index in [1.54, 1.807) is 0 Å². The highest BCUT2D eigenvalue weighted by Gasteiger charge is 2.19. The number of hydrogen-bond donors (Lipinski definition) is 1. The fourth-order valence-corrected chi connectivity index (χ4v) is 5.92. The van der Waals surface area contributed by atoms with Gasteiger partial charge in [0.1, 0.15) is 0 Å². The van der Waals surface area contributed by atoms with Crippen LogP contribution in [0.1, 0.15) is 12.5 Å². The fourth-order valence-electron chi connectivity index (χ4n) is 5.92. The lowest BCUT2D eigenvalue weighted by molar-refractivity contribution is 0.983. The van der Waals surface area contributed by atoms with Crippen LogP contribution in [-0.4, -0.2) is 6.54 Å². The Hall–Kier alpha value is -4.62. The van der Waals surface area contributed by atoms with Crippen LogP contribution in [0.25, 0.3) is 60.3 Å². The second-order valence-corrected chi connectivity index (χ2v) is 9.80. The van der Waals surface area contributed by atoms with Gasteiger partial charge in [-0.3, -0.25) is 0 Å². The van der Waals surface area contributed by atoms with Crippen LogP contribution >= 0.6 is 0 Å². The fraction of sp³-hybridized carbons (Fsp3) is 0.0556. The van der Waals surface area contributed by atoms with Crippen LogP contribution < -0.4 is 5.32 Å². The third-order valence-corrected chi connectivity index (χ3v) is 7.57. The zero-order valence-corrected chi connectivity index (χ0v) is 20.8. The smallest absolute Gasteiger partial charge is 0.0425 e. The molecule has 6 aromatic rings. The minimum Gasteiger partial charge on any atom is -0.381 e. The van der Waals surface area contributed by atoms with E-state index in [1.165, 1.54) is 71.4 Å². The maximum absolute atomic E-state index is 3.59. The first kappa shape index (κ1) is 21.6. The highest BCUT2D eigenvalue weighted by Crippen LogP contribution is 2.45. The third kappa shape index (κ3) is 3.55. The monoisotopic (exact) mass is 473 g/mol. The Morgan fingerprint density at radius 1 is 0.486 bits per heavy atom. The average molecular weight is 474 g/mol. The largest absolute Gasteiger partial charge is 0.381 e. The number of hydrogen-bond acceptors (Lipinski definition) is 1. The summed E-state index contributed by atoms with van der Waals surface area (Å²) in [5.41, 5.74) is 8.87. The number of dihydropyridines is 1. The normalized spacial score (nSPS) is 13.4. The molecule has 1 aliphatic heterocycles. The van der Waals surface area contributed by atoms with Gasteiger partial charge in [-0.25, -0.2) is 0 Å². The van der Waals surface area contributed by atoms with Crippen molar-refractivity contribution >= 4 is 38.0 Å². The van der Waals surface area contributed by atoms with Gasteiger partial charge in [0.2, 0.25) is 0 Å². The average Bonchev–Trinajstić information content (AvgIpc) is 2.96. The first-order chi connectivity index (χ1) is 18.3. The topological polar surface area (TPSA) is 12.0 Å². The molecule has 1 aliphatic rings. The SMILES string of the molecule is CC1=CCNC(c2ccc(-c3c4ccccc4c(-c4ccccc4)c4ccccc34)c3ccccc23)=C1. The van der Waals surface area contributed by atoms with Crippen molar-refractivity contribution in [2.45, 2.75) is 6.92 Å². The standard InChI is InChI=1S/C36H27N/c1-24-21-22-37-34(23-24)28-19-20-33(27-14-6-5-13-26(27)28)36-31-17-9-7-15-29(31)35(25-11-3-2-4-12-25)30-16-8-10-18-32(30)36/h2-21,23,37H,22H2,1H3. The maximum atomic E-state index is 3.59. The summed E-state index contributed by atoms with van der Waals surface area (Å²) in [6, 6.07) is 42.0. The number of rotatable bonds is 3. The maximum Gasteiger partial charge on any atom is 0.0425 e. The molecule has 0 saturated heterocycles. The molecule has 7 rings (SSSR count). The Balaban J connectivity index is 1.59. The van der Waals surface area contributed by atoms with E-state index in [4.69, 9.17) is 0 Å². The molecule has 0 fully saturated rings. The molecular formula is C36H27N. The summed E-state index contributed by atoms with van der Waals surface area (Å²) in [7, 11) is 0. The van der Waals surface area contributed by atoms with Crippen molar-refractivity contribution < 1.29 is 0 Å². The minimum absolute atomic E-state index is 0.865. The molecule has 176 valence electrons. The molecule has 1 heteroatoms. The quantitative estimate of drug-likeness (QED) is 0.252. The summed E-state index contributed by atoms with van der Waals surface area (Å²) in [4.78, 5) is 0. The highest BCUT2D eigenvalue weighted by atomic mass is 14.9. The minimum atomic E-state index is 0.865. The number of nitrogens with one attached hydrogen (secondary N) is 1. The highest BCUT2D eigenvalue weighted by molar-refractivity contribution is 6.23. The molecule has 37 heavy (non-hydrogen) atoms. The summed E-state index contributed by atoms with van der Waals surface area (Å²) in [6.45, 7) is 3.04. The predicted molar refractivity (Wildman–Crippen MR) is 160 cm³/mol. The number of fused-ring (bicyclic) bond motifs is 3. The van der Waals surface area contributed by atoms with Crippen molar-refractivity contribution in [3.05, 3.63) is 139 Å². The molecule has 1 nitrogen and oxygen atoms in total. The molecule has 0 unspecified atom stereocenters. The lowest BCUT2D eigenvalue weighted by atomic mass is 9.84. The summed E-state index contributed by atoms with van der Waals surface area (Å²) in [5, 5.41) is 11.3. The molecular weight excluding hydrogens is 446 g/mol. The summed E-state index contributed by atoms with van der Waals surface area (Å²) in [6.07, 6.45) is 4.48. The molecule has 0 aromatic heterocycles. The van der Waals surface area contributed by atoms with E-state index in [1.807, 2.05) is 0 Å². The lowest BCUT2D eigenvalue weighted by Crippen LogP contribution is -2.16. The first-order valence-corrected chi connectivity index (χ1v) is 12.9. The molecule has 6 aromatic carbocycles. The van der Waals surface area contributed by atoms with E-state index in [0.29, 0.717) is 0 Å². The Morgan fingerprint density at radius 3 is 1.57 bits per heavy atom. The molecule has 0 radical (unpaired) electrons. The molecule has 0 spiro atoms. The zero-order chi connectivity index (χ0) is 24.8. The van der Waals surface area contributed by atoms with Crippen LogP contribution in [-0.2, 0) is 0 Å². The number of benzene rings is 6. The van der Waals surface area contributed by atoms with Crippen LogP contribution in [0.4, 0.5) is 0 Å². The van der Waals surface area contributed by atoms with Crippen molar-refractivity contribution in [3.8, 4) is 22.3 Å². The van der Waals surface area contributed by atoms with Crippen molar-refractivity contribution in [2.24, 2.45) is 0 Å². The van der Waals surface area contributed by atoms with Crippen molar-refractivity contribution in [1.29, 1.82) is 0 Å². The Labute approximate surface area is 217 Å². The Morgan fingerprint density at radius 2 is 0.973 bits per heavy atom. The first-order valence-electron chi connectivity index (χ1n) is 12.9. The van der Waals surface area contributed by atoms with Crippen LogP contribution in [0.2, 0.25) is 0 Å². The molecule has 1 N–H and O–H groups in total. The van der Waals surface area contributed by atoms with E-state index in [9.17, 15) is 0 Å². The summed E-state index contributed by atoms with van der Waals surface area (Å²) >= 11 is 0. The van der Waals surface area contributed by atoms with Gasteiger partial charge in [0.15, 0.2) is 0 Å². The Bertz CT molecular complexity index is 1820. The zero-order valence-electron chi connectivity index (χ0n) is 20.8. The van der Waals surface area contributed by atoms with Gasteiger partial charge in [0.25, 0.3) is 0 Å². The predicted octanol–water partition coefficient (Wildman–Crippen LogP) is 9.37. The molecule has 0 amide bonds. The van der Waals surface area contributed by atoms with E-state index in [0.717, 1.165) is 6.54 Å². The van der Waals surface area contributed by atoms with Gasteiger partial charge < -0.3 is 5.32 Å². The van der Waals surface area contributed by atoms with Gasteiger partial charge >= 0.3 is 0 Å². The second kappa shape index (κ2) is 8.80. The van der Waals surface area contributed by atoms with Crippen molar-refractivity contribution in [1.82, 2.24) is 5.32 Å². The van der Waals surface area contributed by atoms with Crippen LogP contribution in [0.15, 0.2) is 133 Å². The van der Waals surface area contributed by atoms with E-state index >= 15 is 0 Å². The van der Waals surface area contributed by atoms with Gasteiger partial charge in [-0.1, -0.05) is 127 Å². The van der Waals surface area contributed by atoms with Crippen LogP contribution in [0.5, 0.6) is 0 Å². The molecule has 0 saturated carbocycles. The van der Waals surface area contributed by atoms with Crippen molar-refractivity contribution in [3.63, 3.8) is 0 Å². The van der Waals surface area contributed by atoms with Crippen molar-refractivity contribution in [2.75, 3.05) is 6.54 Å². The van der Waals surface area contributed by atoms with Gasteiger partial charge in [-0.15, -0.1) is 0 Å². The van der Waals surface area contributed by atoms with E-state index < -0.39 is 0 Å².